The van der Waals surface area contributed by atoms with Crippen molar-refractivity contribution in [1.29, 1.82) is 0 Å². The third-order valence-electron chi connectivity index (χ3n) is 2.54. The summed E-state index contributed by atoms with van der Waals surface area (Å²) in [6.45, 7) is 0. The van der Waals surface area contributed by atoms with Crippen LogP contribution < -0.4 is 11.1 Å². The maximum atomic E-state index is 11.6. The number of aliphatic carboxylic acids is 1. The highest BCUT2D eigenvalue weighted by Crippen LogP contribution is 2.26. The number of phenolic OH excluding ortho intramolecular Hbond substituents is 1. The molecule has 10 heteroatoms. The van der Waals surface area contributed by atoms with Crippen molar-refractivity contribution in [2.45, 2.75) is 23.8 Å². The second-order valence-corrected chi connectivity index (χ2v) is 5.61. The summed E-state index contributed by atoms with van der Waals surface area (Å²) >= 11 is 0. The number of phenols is 1. The van der Waals surface area contributed by atoms with Gasteiger partial charge < -0.3 is 21.3 Å². The highest BCUT2D eigenvalue weighted by atomic mass is 32.2. The number of carbonyl (C=O) groups is 2. The second-order valence-electron chi connectivity index (χ2n) is 4.19. The van der Waals surface area contributed by atoms with E-state index < -0.39 is 38.7 Å². The number of hydrogen-bond donors (Lipinski definition) is 5. The molecule has 0 aliphatic rings. The van der Waals surface area contributed by atoms with E-state index in [9.17, 15) is 23.1 Å². The largest absolute Gasteiger partial charge is 0.506 e. The molecule has 0 aliphatic carbocycles. The van der Waals surface area contributed by atoms with Gasteiger partial charge in [0.05, 0.1) is 10.6 Å². The Labute approximate surface area is 120 Å². The molecule has 0 spiro atoms. The van der Waals surface area contributed by atoms with Crippen LogP contribution in [0.15, 0.2) is 23.1 Å². The number of benzene rings is 1. The summed E-state index contributed by atoms with van der Waals surface area (Å²) < 4.78 is 30.8. The van der Waals surface area contributed by atoms with Crippen molar-refractivity contribution in [2.75, 3.05) is 5.32 Å². The van der Waals surface area contributed by atoms with Crippen molar-refractivity contribution < 1.29 is 32.8 Å². The first-order valence-corrected chi connectivity index (χ1v) is 7.14. The average molecular weight is 318 g/mol. The Morgan fingerprint density at radius 1 is 1.33 bits per heavy atom. The SMILES string of the molecule is NC(CCC(=O)Nc1cc(S(=O)(=O)O)ccc1O)C(=O)O. The molecule has 0 aromatic heterocycles. The number of nitrogens with one attached hydrogen (secondary N) is 1. The molecule has 1 unspecified atom stereocenters. The number of amides is 1. The molecule has 21 heavy (non-hydrogen) atoms. The number of rotatable bonds is 6. The summed E-state index contributed by atoms with van der Waals surface area (Å²) in [5.41, 5.74) is 5.00. The zero-order chi connectivity index (χ0) is 16.2. The number of carboxylic acid groups (broad SMARTS) is 1. The van der Waals surface area contributed by atoms with Gasteiger partial charge >= 0.3 is 5.97 Å². The molecule has 116 valence electrons. The number of nitrogens with two attached hydrogens (primary N) is 1. The van der Waals surface area contributed by atoms with Crippen molar-refractivity contribution in [1.82, 2.24) is 0 Å². The lowest BCUT2D eigenvalue weighted by molar-refractivity contribution is -0.138. The molecule has 0 heterocycles. The zero-order valence-electron chi connectivity index (χ0n) is 10.7. The Kier molecular flexibility index (Phi) is 5.24. The van der Waals surface area contributed by atoms with Crippen molar-refractivity contribution in [3.05, 3.63) is 18.2 Å². The highest BCUT2D eigenvalue weighted by Gasteiger charge is 2.16. The highest BCUT2D eigenvalue weighted by molar-refractivity contribution is 7.85. The van der Waals surface area contributed by atoms with E-state index in [4.69, 9.17) is 15.4 Å². The molecular formula is C11H14N2O7S. The molecule has 0 fully saturated rings. The summed E-state index contributed by atoms with van der Waals surface area (Å²) in [6, 6.07) is 1.62. The van der Waals surface area contributed by atoms with E-state index in [0.717, 1.165) is 18.2 Å². The van der Waals surface area contributed by atoms with Crippen molar-refractivity contribution in [2.24, 2.45) is 5.73 Å². The van der Waals surface area contributed by atoms with Gasteiger partial charge in [-0.05, 0) is 24.6 Å². The number of hydrogen-bond acceptors (Lipinski definition) is 6. The standard InChI is InChI=1S/C11H14N2O7S/c12-7(11(16)17)2-4-10(15)13-8-5-6(21(18,19)20)1-3-9(8)14/h1,3,5,7,14H,2,4,12H2,(H,13,15)(H,16,17)(H,18,19,20). The van der Waals surface area contributed by atoms with Crippen molar-refractivity contribution in [3.63, 3.8) is 0 Å². The summed E-state index contributed by atoms with van der Waals surface area (Å²) in [4.78, 5) is 21.6. The third-order valence-corrected chi connectivity index (χ3v) is 3.39. The quantitative estimate of drug-likeness (QED) is 0.354. The van der Waals surface area contributed by atoms with Crippen LogP contribution in [-0.2, 0) is 19.7 Å². The van der Waals surface area contributed by atoms with Crippen LogP contribution in [0, 0.1) is 0 Å². The molecule has 1 aromatic rings. The van der Waals surface area contributed by atoms with Gasteiger partial charge in [0.15, 0.2) is 0 Å². The smallest absolute Gasteiger partial charge is 0.320 e. The minimum absolute atomic E-state index is 0.125. The molecule has 1 amide bonds. The lowest BCUT2D eigenvalue weighted by Gasteiger charge is -2.09. The summed E-state index contributed by atoms with van der Waals surface area (Å²) in [5.74, 6) is -2.31. The van der Waals surface area contributed by atoms with Gasteiger partial charge in [0.1, 0.15) is 11.8 Å². The van der Waals surface area contributed by atoms with Gasteiger partial charge in [-0.3, -0.25) is 14.1 Å². The number of carboxylic acids is 1. The van der Waals surface area contributed by atoms with E-state index in [2.05, 4.69) is 5.32 Å². The topological polar surface area (TPSA) is 167 Å². The van der Waals surface area contributed by atoms with Crippen molar-refractivity contribution in [3.8, 4) is 5.75 Å². The van der Waals surface area contributed by atoms with E-state index in [1.54, 1.807) is 0 Å². The van der Waals surface area contributed by atoms with Crippen LogP contribution in [0.1, 0.15) is 12.8 Å². The van der Waals surface area contributed by atoms with Crippen molar-refractivity contribution >= 4 is 27.7 Å². The van der Waals surface area contributed by atoms with Gasteiger partial charge in [-0.2, -0.15) is 8.42 Å². The first kappa shape index (κ1) is 16.9. The van der Waals surface area contributed by atoms with Crippen LogP contribution in [0.25, 0.3) is 0 Å². The van der Waals surface area contributed by atoms with Crippen LogP contribution >= 0.6 is 0 Å². The Hall–Kier alpha value is -2.17. The van der Waals surface area contributed by atoms with E-state index >= 15 is 0 Å². The molecule has 1 atom stereocenters. The predicted molar refractivity (Wildman–Crippen MR) is 71.4 cm³/mol. The fourth-order valence-electron chi connectivity index (χ4n) is 1.40. The van der Waals surface area contributed by atoms with E-state index in [1.165, 1.54) is 0 Å². The molecule has 1 rings (SSSR count). The number of aromatic hydroxyl groups is 1. The first-order valence-electron chi connectivity index (χ1n) is 5.70. The summed E-state index contributed by atoms with van der Waals surface area (Å²) in [7, 11) is -4.47. The minimum atomic E-state index is -4.47. The van der Waals surface area contributed by atoms with E-state index in [-0.39, 0.29) is 18.5 Å². The molecule has 0 bridgehead atoms. The summed E-state index contributed by atoms with van der Waals surface area (Å²) in [5, 5.41) is 20.3. The molecular weight excluding hydrogens is 304 g/mol. The third kappa shape index (κ3) is 5.02. The van der Waals surface area contributed by atoms with Gasteiger partial charge in [0.2, 0.25) is 5.91 Å². The Balaban J connectivity index is 2.79. The molecule has 6 N–H and O–H groups in total. The Bertz CT molecular complexity index is 657. The van der Waals surface area contributed by atoms with E-state index in [0.29, 0.717) is 0 Å². The number of anilines is 1. The molecule has 0 aliphatic heterocycles. The maximum Gasteiger partial charge on any atom is 0.320 e. The fourth-order valence-corrected chi connectivity index (χ4v) is 1.91. The van der Waals surface area contributed by atoms with Gasteiger partial charge in [-0.1, -0.05) is 0 Å². The lowest BCUT2D eigenvalue weighted by atomic mass is 10.1. The first-order chi connectivity index (χ1) is 9.61. The molecule has 9 nitrogen and oxygen atoms in total. The average Bonchev–Trinajstić information content (AvgIpc) is 2.37. The van der Waals surface area contributed by atoms with Crippen LogP contribution in [0.4, 0.5) is 5.69 Å². The summed E-state index contributed by atoms with van der Waals surface area (Å²) in [6.07, 6.45) is -0.358. The molecule has 0 saturated heterocycles. The van der Waals surface area contributed by atoms with Crippen LogP contribution in [0.5, 0.6) is 5.75 Å². The van der Waals surface area contributed by atoms with Crippen LogP contribution in [0.3, 0.4) is 0 Å². The van der Waals surface area contributed by atoms with Gasteiger partial charge in [-0.25, -0.2) is 0 Å². The Morgan fingerprint density at radius 3 is 2.48 bits per heavy atom. The second kappa shape index (κ2) is 6.52. The maximum absolute atomic E-state index is 11.6. The molecule has 1 aromatic carbocycles. The zero-order valence-corrected chi connectivity index (χ0v) is 11.5. The Morgan fingerprint density at radius 2 is 1.95 bits per heavy atom. The monoisotopic (exact) mass is 318 g/mol. The van der Waals surface area contributed by atoms with Gasteiger partial charge in [-0.15, -0.1) is 0 Å². The molecule has 0 saturated carbocycles. The fraction of sp³-hybridized carbons (Fsp3) is 0.273. The van der Waals surface area contributed by atoms with Crippen LogP contribution in [-0.4, -0.2) is 41.1 Å². The normalized spacial score (nSPS) is 12.7. The predicted octanol–water partition coefficient (Wildman–Crippen LogP) is -0.231. The number of carbonyl (C=O) groups excluding carboxylic acids is 1. The van der Waals surface area contributed by atoms with Gasteiger partial charge in [0.25, 0.3) is 10.1 Å². The lowest BCUT2D eigenvalue weighted by Crippen LogP contribution is -2.31. The van der Waals surface area contributed by atoms with E-state index in [1.807, 2.05) is 0 Å². The minimum Gasteiger partial charge on any atom is -0.506 e. The van der Waals surface area contributed by atoms with Crippen LogP contribution in [0.2, 0.25) is 0 Å². The molecule has 0 radical (unpaired) electrons. The van der Waals surface area contributed by atoms with Gasteiger partial charge in [0, 0.05) is 6.42 Å².